The Bertz CT molecular complexity index is 2240. The third-order valence-corrected chi connectivity index (χ3v) is 11.1. The molecule has 0 radical (unpaired) electrons. The zero-order chi connectivity index (χ0) is 37.0. The van der Waals surface area contributed by atoms with Crippen molar-refractivity contribution in [3.05, 3.63) is 166 Å². The Kier molecular flexibility index (Phi) is 10.6. The van der Waals surface area contributed by atoms with E-state index in [4.69, 9.17) is 9.47 Å². The van der Waals surface area contributed by atoms with Crippen LogP contribution in [-0.4, -0.2) is 51.2 Å². The number of para-hydroxylation sites is 2. The van der Waals surface area contributed by atoms with E-state index in [1.807, 2.05) is 102 Å². The average molecular weight is 723 g/mol. The zero-order valence-electron chi connectivity index (χ0n) is 30.4. The van der Waals surface area contributed by atoms with E-state index in [0.29, 0.717) is 12.1 Å². The van der Waals surface area contributed by atoms with Crippen molar-refractivity contribution in [3.63, 3.8) is 0 Å². The van der Waals surface area contributed by atoms with E-state index in [1.165, 1.54) is 0 Å². The predicted octanol–water partition coefficient (Wildman–Crippen LogP) is 7.55. The Hall–Kier alpha value is -5.32. The highest BCUT2D eigenvalue weighted by Gasteiger charge is 2.39. The van der Waals surface area contributed by atoms with Gasteiger partial charge in [0.1, 0.15) is 0 Å². The van der Waals surface area contributed by atoms with Gasteiger partial charge in [0.2, 0.25) is 0 Å². The van der Waals surface area contributed by atoms with Gasteiger partial charge >= 0.3 is 5.69 Å². The number of aromatic amines is 1. The molecule has 9 heteroatoms. The number of carbonyl (C=O) groups is 1. The Balaban J connectivity index is 0.989. The number of benzene rings is 5. The van der Waals surface area contributed by atoms with Crippen LogP contribution in [0.1, 0.15) is 70.8 Å². The fraction of sp³-hybridized carbons (Fsp3) is 0.289. The first-order chi connectivity index (χ1) is 26.4. The number of nitrogens with zero attached hydrogens (tertiary/aromatic N) is 2. The van der Waals surface area contributed by atoms with Crippen LogP contribution in [0.3, 0.4) is 0 Å². The van der Waals surface area contributed by atoms with Gasteiger partial charge in [0.15, 0.2) is 6.29 Å². The largest absolute Gasteiger partial charge is 0.392 e. The molecule has 1 aromatic heterocycles. The molecule has 276 valence electrons. The molecule has 2 aliphatic heterocycles. The molecule has 8 rings (SSSR count). The van der Waals surface area contributed by atoms with Gasteiger partial charge in [-0.25, -0.2) is 4.79 Å². The van der Waals surface area contributed by atoms with Gasteiger partial charge in [-0.3, -0.25) is 9.36 Å². The number of hydrogen-bond donors (Lipinski definition) is 3. The smallest absolute Gasteiger partial charge is 0.326 e. The predicted molar refractivity (Wildman–Crippen MR) is 210 cm³/mol. The fourth-order valence-corrected chi connectivity index (χ4v) is 8.02. The molecule has 0 bridgehead atoms. The molecule has 54 heavy (non-hydrogen) atoms. The van der Waals surface area contributed by atoms with Gasteiger partial charge in [-0.1, -0.05) is 110 Å². The van der Waals surface area contributed by atoms with E-state index in [0.717, 1.165) is 76.9 Å². The topological polar surface area (TPSA) is 109 Å². The SMILES string of the molecule is CC1C(CN2CCC(n3c(=O)[nH]c4ccccc43)CC2)OC(c2ccc(-c3ccccc3CNC(=O)c3ccccc3)cc2)OC1c1ccc(CO)cc1. The third kappa shape index (κ3) is 7.54. The molecule has 4 unspecified atom stereocenters. The molecular formula is C45H46N4O5. The second-order valence-electron chi connectivity index (χ2n) is 14.5. The number of piperidine rings is 1. The minimum absolute atomic E-state index is 0.00871. The van der Waals surface area contributed by atoms with Crippen molar-refractivity contribution in [2.75, 3.05) is 19.6 Å². The number of rotatable bonds is 10. The number of nitrogens with one attached hydrogen (secondary N) is 2. The summed E-state index contributed by atoms with van der Waals surface area (Å²) in [5, 5.41) is 12.7. The molecule has 9 nitrogen and oxygen atoms in total. The van der Waals surface area contributed by atoms with Gasteiger partial charge in [0.05, 0.1) is 29.8 Å². The van der Waals surface area contributed by atoms with Crippen molar-refractivity contribution in [2.24, 2.45) is 5.92 Å². The molecule has 5 aromatic carbocycles. The molecule has 3 N–H and O–H groups in total. The number of aliphatic hydroxyl groups excluding tert-OH is 1. The number of hydrogen-bond acceptors (Lipinski definition) is 6. The van der Waals surface area contributed by atoms with Crippen molar-refractivity contribution in [1.29, 1.82) is 0 Å². The minimum Gasteiger partial charge on any atom is -0.392 e. The summed E-state index contributed by atoms with van der Waals surface area (Å²) < 4.78 is 15.5. The lowest BCUT2D eigenvalue weighted by atomic mass is 9.89. The molecule has 4 atom stereocenters. The van der Waals surface area contributed by atoms with Gasteiger partial charge < -0.3 is 29.8 Å². The molecule has 0 saturated carbocycles. The number of carbonyl (C=O) groups excluding carboxylic acids is 1. The molecule has 1 amide bonds. The molecule has 0 aliphatic carbocycles. The molecule has 3 heterocycles. The lowest BCUT2D eigenvalue weighted by Gasteiger charge is -2.44. The minimum atomic E-state index is -0.578. The highest BCUT2D eigenvalue weighted by Crippen LogP contribution is 2.42. The molecule has 2 saturated heterocycles. The summed E-state index contributed by atoms with van der Waals surface area (Å²) in [5.41, 5.74) is 8.39. The Labute approximate surface area is 315 Å². The summed E-state index contributed by atoms with van der Waals surface area (Å²) in [6, 6.07) is 41.8. The lowest BCUT2D eigenvalue weighted by molar-refractivity contribution is -0.276. The van der Waals surface area contributed by atoms with Crippen molar-refractivity contribution in [3.8, 4) is 11.1 Å². The first-order valence-corrected chi connectivity index (χ1v) is 18.9. The van der Waals surface area contributed by atoms with E-state index < -0.39 is 6.29 Å². The van der Waals surface area contributed by atoms with Crippen LogP contribution in [0.15, 0.2) is 132 Å². The Morgan fingerprint density at radius 3 is 2.26 bits per heavy atom. The summed E-state index contributed by atoms with van der Waals surface area (Å²) in [4.78, 5) is 31.2. The highest BCUT2D eigenvalue weighted by atomic mass is 16.7. The van der Waals surface area contributed by atoms with Crippen molar-refractivity contribution >= 4 is 16.9 Å². The number of ether oxygens (including phenoxy) is 2. The van der Waals surface area contributed by atoms with Crippen molar-refractivity contribution in [1.82, 2.24) is 19.8 Å². The summed E-state index contributed by atoms with van der Waals surface area (Å²) >= 11 is 0. The van der Waals surface area contributed by atoms with Gasteiger partial charge in [0, 0.05) is 49.3 Å². The van der Waals surface area contributed by atoms with Gasteiger partial charge in [-0.15, -0.1) is 0 Å². The summed E-state index contributed by atoms with van der Waals surface area (Å²) in [6.07, 6.45) is 0.872. The Morgan fingerprint density at radius 2 is 1.50 bits per heavy atom. The van der Waals surface area contributed by atoms with Gasteiger partial charge in [-0.05, 0) is 64.9 Å². The normalized spacial score (nSPS) is 20.9. The molecule has 0 spiro atoms. The second-order valence-corrected chi connectivity index (χ2v) is 14.5. The summed E-state index contributed by atoms with van der Waals surface area (Å²) in [6.45, 7) is 5.08. The number of amides is 1. The van der Waals surface area contributed by atoms with Crippen LogP contribution in [0, 0.1) is 5.92 Å². The summed E-state index contributed by atoms with van der Waals surface area (Å²) in [7, 11) is 0. The standard InChI is InChI=1S/C45H46N4O5/c1-30-41(28-48-25-23-37(24-26-48)49-40-14-8-7-13-39(40)47-45(49)52)53-44(54-42(30)33-17-15-31(29-50)16-18-33)35-21-19-32(20-22-35)38-12-6-5-11-36(38)27-46-43(51)34-9-3-2-4-10-34/h2-22,30,37,41-42,44,50H,23-29H2,1H3,(H,46,51)(H,47,52). The average Bonchev–Trinajstić information content (AvgIpc) is 3.57. The van der Waals surface area contributed by atoms with Crippen molar-refractivity contribution in [2.45, 2.75) is 57.5 Å². The van der Waals surface area contributed by atoms with E-state index in [1.54, 1.807) is 0 Å². The van der Waals surface area contributed by atoms with E-state index in [2.05, 4.69) is 52.5 Å². The van der Waals surface area contributed by atoms with Crippen LogP contribution in [-0.2, 0) is 22.6 Å². The number of imidazole rings is 1. The summed E-state index contributed by atoms with van der Waals surface area (Å²) in [5.74, 6) is -0.0433. The van der Waals surface area contributed by atoms with Crippen LogP contribution in [0.25, 0.3) is 22.2 Å². The van der Waals surface area contributed by atoms with Crippen LogP contribution < -0.4 is 11.0 Å². The maximum atomic E-state index is 12.9. The second kappa shape index (κ2) is 16.0. The Morgan fingerprint density at radius 1 is 0.815 bits per heavy atom. The quantitative estimate of drug-likeness (QED) is 0.135. The maximum Gasteiger partial charge on any atom is 0.326 e. The van der Waals surface area contributed by atoms with E-state index >= 15 is 0 Å². The van der Waals surface area contributed by atoms with Gasteiger partial charge in [-0.2, -0.15) is 0 Å². The number of aromatic nitrogens is 2. The monoisotopic (exact) mass is 722 g/mol. The molecular weight excluding hydrogens is 677 g/mol. The number of fused-ring (bicyclic) bond motifs is 1. The molecule has 6 aromatic rings. The van der Waals surface area contributed by atoms with Crippen LogP contribution in [0.5, 0.6) is 0 Å². The molecule has 2 fully saturated rings. The fourth-order valence-electron chi connectivity index (χ4n) is 8.02. The number of likely N-dealkylation sites (tertiary alicyclic amines) is 1. The number of aliphatic hydroxyl groups is 1. The van der Waals surface area contributed by atoms with Gasteiger partial charge in [0.25, 0.3) is 5.91 Å². The maximum absolute atomic E-state index is 12.9. The van der Waals surface area contributed by atoms with E-state index in [9.17, 15) is 14.7 Å². The third-order valence-electron chi connectivity index (χ3n) is 11.1. The van der Waals surface area contributed by atoms with E-state index in [-0.39, 0.29) is 42.4 Å². The lowest BCUT2D eigenvalue weighted by Crippen LogP contribution is -2.47. The molecule has 2 aliphatic rings. The van der Waals surface area contributed by atoms with Crippen LogP contribution in [0.2, 0.25) is 0 Å². The first kappa shape index (κ1) is 35.7. The highest BCUT2D eigenvalue weighted by molar-refractivity contribution is 5.94. The number of H-pyrrole nitrogens is 1. The zero-order valence-corrected chi connectivity index (χ0v) is 30.4. The van der Waals surface area contributed by atoms with Crippen molar-refractivity contribution < 1.29 is 19.4 Å². The van der Waals surface area contributed by atoms with Crippen LogP contribution in [0.4, 0.5) is 0 Å². The van der Waals surface area contributed by atoms with Crippen LogP contribution >= 0.6 is 0 Å². The first-order valence-electron chi connectivity index (χ1n) is 18.9.